The van der Waals surface area contributed by atoms with E-state index < -0.39 is 6.10 Å². The number of carbonyl (C=O) groups is 2. The Hall–Kier alpha value is -3.17. The molecule has 0 spiro atoms. The number of hydrogen-bond donors (Lipinski definition) is 2. The molecule has 0 aliphatic rings. The largest absolute Gasteiger partial charge is 0.481 e. The van der Waals surface area contributed by atoms with E-state index in [9.17, 15) is 9.59 Å². The number of halogens is 2. The zero-order valence-electron chi connectivity index (χ0n) is 19.4. The van der Waals surface area contributed by atoms with Crippen molar-refractivity contribution in [2.45, 2.75) is 33.8 Å². The molecule has 0 radical (unpaired) electrons. The molecule has 0 saturated heterocycles. The first-order valence-corrected chi connectivity index (χ1v) is 11.6. The van der Waals surface area contributed by atoms with Gasteiger partial charge in [-0.15, -0.1) is 0 Å². The molecule has 0 aliphatic carbocycles. The Labute approximate surface area is 211 Å². The lowest BCUT2D eigenvalue weighted by Crippen LogP contribution is -2.30. The molecule has 3 aromatic rings. The van der Waals surface area contributed by atoms with Gasteiger partial charge in [-0.3, -0.25) is 14.3 Å². The van der Waals surface area contributed by atoms with E-state index in [1.807, 2.05) is 6.92 Å². The first-order valence-electron chi connectivity index (χ1n) is 10.4. The molecule has 1 heterocycles. The minimum atomic E-state index is -0.701. The van der Waals surface area contributed by atoms with Gasteiger partial charge in [-0.1, -0.05) is 23.7 Å². The molecule has 2 N–H and O–H groups in total. The number of carbonyl (C=O) groups excluding carboxylic acids is 2. The zero-order chi connectivity index (χ0) is 25.0. The number of nitrogens with zero attached hydrogens (tertiary/aromatic N) is 3. The van der Waals surface area contributed by atoms with Crippen molar-refractivity contribution in [1.29, 1.82) is 0 Å². The number of rotatable bonds is 7. The van der Waals surface area contributed by atoms with Gasteiger partial charge in [0.05, 0.1) is 15.9 Å². The third-order valence-corrected chi connectivity index (χ3v) is 6.25. The first-order chi connectivity index (χ1) is 16.1. The fourth-order valence-corrected chi connectivity index (χ4v) is 3.90. The van der Waals surface area contributed by atoms with Gasteiger partial charge >= 0.3 is 0 Å². The van der Waals surface area contributed by atoms with E-state index in [4.69, 9.17) is 16.3 Å². The molecule has 178 valence electrons. The lowest BCUT2D eigenvalue weighted by Gasteiger charge is -2.16. The molecule has 2 amide bonds. The van der Waals surface area contributed by atoms with Crippen molar-refractivity contribution in [3.63, 3.8) is 0 Å². The van der Waals surface area contributed by atoms with E-state index in [0.717, 1.165) is 11.1 Å². The van der Waals surface area contributed by atoms with Crippen molar-refractivity contribution >= 4 is 50.7 Å². The summed E-state index contributed by atoms with van der Waals surface area (Å²) in [7, 11) is 1.69. The summed E-state index contributed by atoms with van der Waals surface area (Å²) >= 11 is 9.34. The highest BCUT2D eigenvalue weighted by molar-refractivity contribution is 9.10. The molecule has 10 heteroatoms. The van der Waals surface area contributed by atoms with Crippen molar-refractivity contribution in [2.24, 2.45) is 12.1 Å². The number of hydrazone groups is 1. The van der Waals surface area contributed by atoms with Gasteiger partial charge in [0.2, 0.25) is 0 Å². The lowest BCUT2D eigenvalue weighted by molar-refractivity contribution is -0.122. The molecular formula is C24H25BrClN5O3. The molecule has 0 bridgehead atoms. The van der Waals surface area contributed by atoms with Gasteiger partial charge in [0.25, 0.3) is 11.8 Å². The Morgan fingerprint density at radius 1 is 1.18 bits per heavy atom. The Kier molecular flexibility index (Phi) is 8.11. The fraction of sp³-hybridized carbons (Fsp3) is 0.250. The Balaban J connectivity index is 1.60. The second kappa shape index (κ2) is 10.8. The lowest BCUT2D eigenvalue weighted by atomic mass is 10.1. The van der Waals surface area contributed by atoms with Crippen LogP contribution in [0.4, 0.5) is 5.69 Å². The van der Waals surface area contributed by atoms with Crippen molar-refractivity contribution in [3.05, 3.63) is 74.5 Å². The summed E-state index contributed by atoms with van der Waals surface area (Å²) in [6.45, 7) is 7.13. The quantitative estimate of drug-likeness (QED) is 0.321. The molecule has 0 fully saturated rings. The summed E-state index contributed by atoms with van der Waals surface area (Å²) in [5.74, 6) is -0.0514. The topological polar surface area (TPSA) is 97.6 Å². The van der Waals surface area contributed by atoms with Crippen molar-refractivity contribution in [2.75, 3.05) is 5.32 Å². The minimum absolute atomic E-state index is 0.281. The summed E-state index contributed by atoms with van der Waals surface area (Å²) in [5, 5.41) is 11.8. The SMILES string of the molecule is C/C(=N/NC(=O)c1c(Br)c(C)nn1C)c1ccc(NC(=O)[C@@H](C)Oc2ccc(Cl)cc2C)cc1. The highest BCUT2D eigenvalue weighted by Gasteiger charge is 2.18. The highest BCUT2D eigenvalue weighted by atomic mass is 79.9. The number of amides is 2. The minimum Gasteiger partial charge on any atom is -0.481 e. The van der Waals surface area contributed by atoms with Crippen molar-refractivity contribution in [1.82, 2.24) is 15.2 Å². The maximum absolute atomic E-state index is 12.5. The standard InChI is InChI=1S/C24H25BrClN5O3/c1-13-12-18(26)8-11-20(13)34-16(4)23(32)27-19-9-6-17(7-10-19)14(2)28-29-24(33)22-21(25)15(3)30-31(22)5/h6-12,16H,1-5H3,(H,27,32)(H,29,33)/b28-14-/t16-/m1/s1. The average molecular weight is 547 g/mol. The summed E-state index contributed by atoms with van der Waals surface area (Å²) in [5.41, 5.74) is 6.52. The molecule has 34 heavy (non-hydrogen) atoms. The van der Waals surface area contributed by atoms with Crippen LogP contribution in [0.25, 0.3) is 0 Å². The average Bonchev–Trinajstić information content (AvgIpc) is 3.05. The van der Waals surface area contributed by atoms with Crippen LogP contribution in [0.15, 0.2) is 52.0 Å². The van der Waals surface area contributed by atoms with Crippen LogP contribution in [0.3, 0.4) is 0 Å². The molecule has 0 aliphatic heterocycles. The first kappa shape index (κ1) is 25.5. The predicted molar refractivity (Wildman–Crippen MR) is 137 cm³/mol. The Morgan fingerprint density at radius 2 is 1.85 bits per heavy atom. The van der Waals surface area contributed by atoms with Gasteiger partial charge in [0, 0.05) is 17.8 Å². The zero-order valence-corrected chi connectivity index (χ0v) is 21.8. The second-order valence-corrected chi connectivity index (χ2v) is 8.98. The number of benzene rings is 2. The predicted octanol–water partition coefficient (Wildman–Crippen LogP) is 5.01. The van der Waals surface area contributed by atoms with Crippen LogP contribution in [0, 0.1) is 13.8 Å². The van der Waals surface area contributed by atoms with Crippen LogP contribution in [0.2, 0.25) is 5.02 Å². The van der Waals surface area contributed by atoms with Gasteiger partial charge < -0.3 is 10.1 Å². The van der Waals surface area contributed by atoms with Gasteiger partial charge in [0.1, 0.15) is 11.4 Å². The van der Waals surface area contributed by atoms with E-state index in [1.165, 1.54) is 4.68 Å². The number of aromatic nitrogens is 2. The number of ether oxygens (including phenoxy) is 1. The van der Waals surface area contributed by atoms with E-state index in [0.29, 0.717) is 38.0 Å². The molecule has 3 rings (SSSR count). The van der Waals surface area contributed by atoms with Crippen LogP contribution in [0.5, 0.6) is 5.75 Å². The second-order valence-electron chi connectivity index (χ2n) is 7.75. The van der Waals surface area contributed by atoms with Crippen LogP contribution in [-0.4, -0.2) is 33.4 Å². The summed E-state index contributed by atoms with van der Waals surface area (Å²) in [6.07, 6.45) is -0.701. The highest BCUT2D eigenvalue weighted by Crippen LogP contribution is 2.23. The maximum Gasteiger partial charge on any atom is 0.290 e. The van der Waals surface area contributed by atoms with Crippen LogP contribution in [-0.2, 0) is 11.8 Å². The van der Waals surface area contributed by atoms with Gasteiger partial charge in [0.15, 0.2) is 6.10 Å². The number of nitrogens with one attached hydrogen (secondary N) is 2. The maximum atomic E-state index is 12.5. The molecule has 1 aromatic heterocycles. The smallest absolute Gasteiger partial charge is 0.290 e. The van der Waals surface area contributed by atoms with Crippen LogP contribution < -0.4 is 15.5 Å². The normalized spacial score (nSPS) is 12.3. The molecule has 8 nitrogen and oxygen atoms in total. The fourth-order valence-electron chi connectivity index (χ4n) is 3.16. The molecule has 0 unspecified atom stereocenters. The van der Waals surface area contributed by atoms with E-state index in [-0.39, 0.29) is 11.8 Å². The Morgan fingerprint density at radius 3 is 2.44 bits per heavy atom. The number of aryl methyl sites for hydroxylation is 3. The Bertz CT molecular complexity index is 1250. The molecule has 0 saturated carbocycles. The van der Waals surface area contributed by atoms with E-state index in [1.54, 1.807) is 70.3 Å². The third-order valence-electron chi connectivity index (χ3n) is 5.07. The monoisotopic (exact) mass is 545 g/mol. The van der Waals surface area contributed by atoms with E-state index >= 15 is 0 Å². The molecule has 1 atom stereocenters. The molecule has 2 aromatic carbocycles. The number of anilines is 1. The summed E-state index contributed by atoms with van der Waals surface area (Å²) in [4.78, 5) is 25.0. The molecular weight excluding hydrogens is 522 g/mol. The van der Waals surface area contributed by atoms with Crippen molar-refractivity contribution < 1.29 is 14.3 Å². The number of hydrogen-bond acceptors (Lipinski definition) is 5. The van der Waals surface area contributed by atoms with Gasteiger partial charge in [-0.25, -0.2) is 5.43 Å². The summed E-state index contributed by atoms with van der Waals surface area (Å²) in [6, 6.07) is 12.4. The van der Waals surface area contributed by atoms with Crippen LogP contribution in [0.1, 0.15) is 41.2 Å². The summed E-state index contributed by atoms with van der Waals surface area (Å²) < 4.78 is 7.89. The van der Waals surface area contributed by atoms with Crippen molar-refractivity contribution in [3.8, 4) is 5.75 Å². The van der Waals surface area contributed by atoms with Gasteiger partial charge in [-0.2, -0.15) is 10.2 Å². The van der Waals surface area contributed by atoms with Gasteiger partial charge in [-0.05, 0) is 85.1 Å². The van der Waals surface area contributed by atoms with E-state index in [2.05, 4.69) is 36.9 Å². The van der Waals surface area contributed by atoms with Crippen LogP contribution >= 0.6 is 27.5 Å². The third kappa shape index (κ3) is 6.03.